The van der Waals surface area contributed by atoms with Crippen LogP contribution >= 0.6 is 0 Å². The van der Waals surface area contributed by atoms with Gasteiger partial charge in [-0.05, 0) is 30.7 Å². The fraction of sp³-hybridized carbons (Fsp3) is 0.286. The molecule has 0 bridgehead atoms. The van der Waals surface area contributed by atoms with Gasteiger partial charge in [-0.1, -0.05) is 12.8 Å². The first-order valence-corrected chi connectivity index (χ1v) is 5.78. The molecule has 100 valence electrons. The third-order valence-electron chi connectivity index (χ3n) is 2.45. The van der Waals surface area contributed by atoms with Crippen molar-refractivity contribution in [1.82, 2.24) is 5.32 Å². The molecular formula is C14H15NO4. The Labute approximate surface area is 111 Å². The van der Waals surface area contributed by atoms with Crippen molar-refractivity contribution < 1.29 is 19.4 Å². The zero-order valence-corrected chi connectivity index (χ0v) is 10.6. The molecule has 1 aromatic rings. The molecule has 0 aliphatic heterocycles. The van der Waals surface area contributed by atoms with Gasteiger partial charge in [0.05, 0.1) is 0 Å². The number of terminal acetylenes is 1. The van der Waals surface area contributed by atoms with Crippen molar-refractivity contribution in [2.45, 2.75) is 19.4 Å². The smallest absolute Gasteiger partial charge is 0.326 e. The van der Waals surface area contributed by atoms with Gasteiger partial charge in [0, 0.05) is 5.56 Å². The van der Waals surface area contributed by atoms with E-state index in [2.05, 4.69) is 11.2 Å². The standard InChI is InChI=1S/C14H15NO4/c1-3-9-19-11-7-5-10(6-8-11)13(16)15-12(4-2)14(17)18/h1,5-8,12H,4,9H2,2H3,(H,15,16)(H,17,18). The topological polar surface area (TPSA) is 75.6 Å². The van der Waals surface area contributed by atoms with Crippen LogP contribution in [-0.2, 0) is 4.79 Å². The quantitative estimate of drug-likeness (QED) is 0.757. The molecule has 1 unspecified atom stereocenters. The molecule has 0 spiro atoms. The lowest BCUT2D eigenvalue weighted by Gasteiger charge is -2.12. The van der Waals surface area contributed by atoms with Crippen LogP contribution in [0.15, 0.2) is 24.3 Å². The Morgan fingerprint density at radius 3 is 2.53 bits per heavy atom. The van der Waals surface area contributed by atoms with Crippen molar-refractivity contribution in [2.75, 3.05) is 6.61 Å². The summed E-state index contributed by atoms with van der Waals surface area (Å²) < 4.78 is 5.17. The maximum Gasteiger partial charge on any atom is 0.326 e. The summed E-state index contributed by atoms with van der Waals surface area (Å²) in [5.41, 5.74) is 0.368. The summed E-state index contributed by atoms with van der Waals surface area (Å²) in [5, 5.41) is 11.3. The lowest BCUT2D eigenvalue weighted by molar-refractivity contribution is -0.139. The molecule has 5 heteroatoms. The van der Waals surface area contributed by atoms with Crippen molar-refractivity contribution in [3.8, 4) is 18.1 Å². The Morgan fingerprint density at radius 1 is 1.42 bits per heavy atom. The fourth-order valence-corrected chi connectivity index (χ4v) is 1.41. The lowest BCUT2D eigenvalue weighted by Crippen LogP contribution is -2.40. The van der Waals surface area contributed by atoms with Crippen molar-refractivity contribution in [2.24, 2.45) is 0 Å². The number of amides is 1. The van der Waals surface area contributed by atoms with Gasteiger partial charge in [-0.25, -0.2) is 4.79 Å². The first kappa shape index (κ1) is 14.6. The predicted octanol–water partition coefficient (Wildman–Crippen LogP) is 1.29. The van der Waals surface area contributed by atoms with Gasteiger partial charge in [-0.2, -0.15) is 0 Å². The van der Waals surface area contributed by atoms with E-state index in [9.17, 15) is 9.59 Å². The summed E-state index contributed by atoms with van der Waals surface area (Å²) in [5.74, 6) is 1.40. The molecule has 5 nitrogen and oxygen atoms in total. The molecule has 0 aromatic heterocycles. The number of aliphatic carboxylic acids is 1. The van der Waals surface area contributed by atoms with E-state index in [1.165, 1.54) is 0 Å². The van der Waals surface area contributed by atoms with Crippen LogP contribution in [0.25, 0.3) is 0 Å². The van der Waals surface area contributed by atoms with Gasteiger partial charge in [0.15, 0.2) is 0 Å². The normalized spacial score (nSPS) is 11.2. The Hall–Kier alpha value is -2.48. The highest BCUT2D eigenvalue weighted by Gasteiger charge is 2.18. The Kier molecular flexibility index (Phi) is 5.42. The van der Waals surface area contributed by atoms with Crippen LogP contribution in [0.4, 0.5) is 0 Å². The first-order valence-electron chi connectivity index (χ1n) is 5.78. The van der Waals surface area contributed by atoms with E-state index in [0.717, 1.165) is 0 Å². The summed E-state index contributed by atoms with van der Waals surface area (Å²) in [7, 11) is 0. The van der Waals surface area contributed by atoms with Crippen LogP contribution in [0.2, 0.25) is 0 Å². The number of carbonyl (C=O) groups excluding carboxylic acids is 1. The average Bonchev–Trinajstić information content (AvgIpc) is 2.42. The van der Waals surface area contributed by atoms with E-state index in [4.69, 9.17) is 16.3 Å². The molecule has 0 saturated heterocycles. The molecule has 0 heterocycles. The minimum atomic E-state index is -1.05. The second kappa shape index (κ2) is 7.07. The van der Waals surface area contributed by atoms with Crippen LogP contribution < -0.4 is 10.1 Å². The highest BCUT2D eigenvalue weighted by molar-refractivity contribution is 5.96. The average molecular weight is 261 g/mol. The van der Waals surface area contributed by atoms with Gasteiger partial charge in [-0.15, -0.1) is 6.42 Å². The van der Waals surface area contributed by atoms with Crippen molar-refractivity contribution in [3.63, 3.8) is 0 Å². The maximum atomic E-state index is 11.8. The molecule has 1 rings (SSSR count). The summed E-state index contributed by atoms with van der Waals surface area (Å²) in [6.07, 6.45) is 5.38. The third kappa shape index (κ3) is 4.36. The van der Waals surface area contributed by atoms with Crippen molar-refractivity contribution >= 4 is 11.9 Å². The van der Waals surface area contributed by atoms with Gasteiger partial charge in [0.1, 0.15) is 18.4 Å². The molecule has 0 aliphatic rings. The number of carboxylic acid groups (broad SMARTS) is 1. The van der Waals surface area contributed by atoms with Gasteiger partial charge < -0.3 is 15.2 Å². The van der Waals surface area contributed by atoms with E-state index < -0.39 is 17.9 Å². The van der Waals surface area contributed by atoms with Crippen molar-refractivity contribution in [3.05, 3.63) is 29.8 Å². The number of benzene rings is 1. The largest absolute Gasteiger partial charge is 0.481 e. The van der Waals surface area contributed by atoms with Crippen LogP contribution in [0.3, 0.4) is 0 Å². The highest BCUT2D eigenvalue weighted by atomic mass is 16.5. The van der Waals surface area contributed by atoms with Crippen LogP contribution in [0, 0.1) is 12.3 Å². The molecule has 1 atom stereocenters. The summed E-state index contributed by atoms with van der Waals surface area (Å²) in [6.45, 7) is 1.85. The number of carbonyl (C=O) groups is 2. The minimum absolute atomic E-state index is 0.155. The third-order valence-corrected chi connectivity index (χ3v) is 2.45. The summed E-state index contributed by atoms with van der Waals surface area (Å²) >= 11 is 0. The monoisotopic (exact) mass is 261 g/mol. The van der Waals surface area contributed by atoms with Gasteiger partial charge >= 0.3 is 5.97 Å². The number of rotatable bonds is 6. The summed E-state index contributed by atoms with van der Waals surface area (Å²) in [4.78, 5) is 22.6. The van der Waals surface area contributed by atoms with Gasteiger partial charge in [-0.3, -0.25) is 4.79 Å². The first-order chi connectivity index (χ1) is 9.08. The van der Waals surface area contributed by atoms with E-state index in [0.29, 0.717) is 17.7 Å². The van der Waals surface area contributed by atoms with Crippen LogP contribution in [0.1, 0.15) is 23.7 Å². The second-order valence-electron chi connectivity index (χ2n) is 3.79. The van der Waals surface area contributed by atoms with E-state index in [1.54, 1.807) is 31.2 Å². The highest BCUT2D eigenvalue weighted by Crippen LogP contribution is 2.12. The van der Waals surface area contributed by atoms with Gasteiger partial charge in [0.2, 0.25) is 0 Å². The number of carboxylic acids is 1. The molecule has 19 heavy (non-hydrogen) atoms. The number of ether oxygens (including phenoxy) is 1. The fourth-order valence-electron chi connectivity index (χ4n) is 1.41. The Morgan fingerprint density at radius 2 is 2.05 bits per heavy atom. The predicted molar refractivity (Wildman–Crippen MR) is 70.0 cm³/mol. The molecule has 0 radical (unpaired) electrons. The minimum Gasteiger partial charge on any atom is -0.481 e. The van der Waals surface area contributed by atoms with Gasteiger partial charge in [0.25, 0.3) is 5.91 Å². The molecule has 0 saturated carbocycles. The second-order valence-corrected chi connectivity index (χ2v) is 3.79. The Balaban J connectivity index is 2.67. The molecular weight excluding hydrogens is 246 g/mol. The summed E-state index contributed by atoms with van der Waals surface area (Å²) in [6, 6.07) is 5.43. The maximum absolute atomic E-state index is 11.8. The van der Waals surface area contributed by atoms with E-state index >= 15 is 0 Å². The zero-order valence-electron chi connectivity index (χ0n) is 10.6. The SMILES string of the molecule is C#CCOc1ccc(C(=O)NC(CC)C(=O)O)cc1. The number of hydrogen-bond acceptors (Lipinski definition) is 3. The van der Waals surface area contributed by atoms with E-state index in [-0.39, 0.29) is 6.61 Å². The molecule has 1 aromatic carbocycles. The number of hydrogen-bond donors (Lipinski definition) is 2. The molecule has 0 fully saturated rings. The molecule has 0 aliphatic carbocycles. The van der Waals surface area contributed by atoms with E-state index in [1.807, 2.05) is 0 Å². The number of nitrogens with one attached hydrogen (secondary N) is 1. The zero-order chi connectivity index (χ0) is 14.3. The lowest BCUT2D eigenvalue weighted by atomic mass is 10.1. The Bertz CT molecular complexity index is 487. The molecule has 1 amide bonds. The van der Waals surface area contributed by atoms with Crippen LogP contribution in [0.5, 0.6) is 5.75 Å². The van der Waals surface area contributed by atoms with Crippen LogP contribution in [-0.4, -0.2) is 29.6 Å². The molecule has 2 N–H and O–H groups in total. The van der Waals surface area contributed by atoms with Crippen molar-refractivity contribution in [1.29, 1.82) is 0 Å².